The summed E-state index contributed by atoms with van der Waals surface area (Å²) >= 11 is 1.37. The van der Waals surface area contributed by atoms with Crippen LogP contribution in [0.25, 0.3) is 10.6 Å². The molecule has 3 aromatic heterocycles. The number of benzene rings is 1. The second-order valence-corrected chi connectivity index (χ2v) is 6.39. The number of rotatable bonds is 5. The van der Waals surface area contributed by atoms with Crippen molar-refractivity contribution in [3.05, 3.63) is 71.5 Å². The van der Waals surface area contributed by atoms with Crippen LogP contribution in [0.3, 0.4) is 0 Å². The van der Waals surface area contributed by atoms with Crippen LogP contribution in [0.5, 0.6) is 0 Å². The number of nitrogens with zero attached hydrogens (tertiary/aromatic N) is 4. The smallest absolute Gasteiger partial charge is 0.275 e. The number of carbonyl (C=O) groups is 1. The number of nitrogens with one attached hydrogen (secondary N) is 2. The topological polar surface area (TPSA) is 88.5 Å². The van der Waals surface area contributed by atoms with Crippen molar-refractivity contribution < 1.29 is 9.18 Å². The highest BCUT2D eigenvalue weighted by Crippen LogP contribution is 2.22. The van der Waals surface area contributed by atoms with Crippen molar-refractivity contribution in [1.29, 1.82) is 0 Å². The van der Waals surface area contributed by atoms with Crippen LogP contribution in [-0.4, -0.2) is 30.9 Å². The fraction of sp³-hybridized carbons (Fsp3) is 0.0588. The molecule has 26 heavy (non-hydrogen) atoms. The molecule has 0 aliphatic heterocycles. The number of halogens is 1. The van der Waals surface area contributed by atoms with Crippen molar-refractivity contribution in [3.63, 3.8) is 0 Å². The van der Waals surface area contributed by atoms with Gasteiger partial charge in [-0.2, -0.15) is 10.2 Å². The zero-order valence-corrected chi connectivity index (χ0v) is 14.2. The van der Waals surface area contributed by atoms with Crippen LogP contribution in [0.4, 0.5) is 10.1 Å². The van der Waals surface area contributed by atoms with Crippen LogP contribution >= 0.6 is 11.3 Å². The van der Waals surface area contributed by atoms with Gasteiger partial charge in [-0.25, -0.2) is 9.37 Å². The summed E-state index contributed by atoms with van der Waals surface area (Å²) in [6.45, 7) is 0.484. The minimum atomic E-state index is -0.308. The largest absolute Gasteiger partial charge is 0.318 e. The highest BCUT2D eigenvalue weighted by Gasteiger charge is 2.13. The first-order valence-electron chi connectivity index (χ1n) is 7.70. The van der Waals surface area contributed by atoms with Gasteiger partial charge < -0.3 is 5.32 Å². The van der Waals surface area contributed by atoms with Gasteiger partial charge in [0, 0.05) is 23.3 Å². The molecule has 0 aliphatic carbocycles. The predicted octanol–water partition coefficient (Wildman–Crippen LogP) is 3.17. The van der Waals surface area contributed by atoms with Gasteiger partial charge in [-0.1, -0.05) is 12.1 Å². The molecule has 1 amide bonds. The van der Waals surface area contributed by atoms with Gasteiger partial charge in [-0.05, 0) is 17.7 Å². The summed E-state index contributed by atoms with van der Waals surface area (Å²) in [7, 11) is 0. The quantitative estimate of drug-likeness (QED) is 0.566. The Morgan fingerprint density at radius 1 is 1.27 bits per heavy atom. The van der Waals surface area contributed by atoms with Crippen molar-refractivity contribution in [3.8, 4) is 10.6 Å². The van der Waals surface area contributed by atoms with Crippen LogP contribution in [-0.2, 0) is 6.54 Å². The summed E-state index contributed by atoms with van der Waals surface area (Å²) < 4.78 is 14.6. The Bertz CT molecular complexity index is 1020. The van der Waals surface area contributed by atoms with E-state index in [1.165, 1.54) is 23.5 Å². The monoisotopic (exact) mass is 368 g/mol. The van der Waals surface area contributed by atoms with Crippen molar-refractivity contribution in [1.82, 2.24) is 25.0 Å². The van der Waals surface area contributed by atoms with Crippen LogP contribution in [0.15, 0.2) is 54.4 Å². The fourth-order valence-corrected chi connectivity index (χ4v) is 3.15. The number of aromatic amines is 1. The van der Waals surface area contributed by atoms with Gasteiger partial charge in [0.2, 0.25) is 0 Å². The van der Waals surface area contributed by atoms with Crippen molar-refractivity contribution >= 4 is 22.9 Å². The number of thiazole rings is 1. The third-order valence-corrected chi connectivity index (χ3v) is 4.52. The van der Waals surface area contributed by atoms with E-state index in [0.717, 1.165) is 16.1 Å². The average Bonchev–Trinajstić information content (AvgIpc) is 3.38. The third kappa shape index (κ3) is 3.52. The van der Waals surface area contributed by atoms with E-state index < -0.39 is 0 Å². The first-order valence-corrected chi connectivity index (χ1v) is 8.58. The normalized spacial score (nSPS) is 10.8. The maximum atomic E-state index is 12.9. The Balaban J connectivity index is 1.42. The molecule has 2 N–H and O–H groups in total. The number of hydrogen-bond donors (Lipinski definition) is 2. The van der Waals surface area contributed by atoms with Gasteiger partial charge in [0.1, 0.15) is 16.5 Å². The SMILES string of the molecule is O=C(Nc1cnn(Cc2ccc(F)cc2)c1)c1csc(-c2cn[nH]c2)n1. The molecule has 9 heteroatoms. The van der Waals surface area contributed by atoms with E-state index in [1.807, 2.05) is 0 Å². The predicted molar refractivity (Wildman–Crippen MR) is 95.4 cm³/mol. The number of carbonyl (C=O) groups excluding carboxylic acids is 1. The summed E-state index contributed by atoms with van der Waals surface area (Å²) in [5, 5.41) is 16.0. The second kappa shape index (κ2) is 6.89. The average molecular weight is 368 g/mol. The van der Waals surface area contributed by atoms with Crippen LogP contribution in [0.2, 0.25) is 0 Å². The molecular weight excluding hydrogens is 355 g/mol. The molecule has 7 nitrogen and oxygen atoms in total. The molecule has 0 aliphatic rings. The Hall–Kier alpha value is -3.33. The Morgan fingerprint density at radius 2 is 2.12 bits per heavy atom. The molecule has 0 fully saturated rings. The lowest BCUT2D eigenvalue weighted by Crippen LogP contribution is -2.11. The molecule has 4 rings (SSSR count). The van der Waals surface area contributed by atoms with Crippen LogP contribution in [0.1, 0.15) is 16.1 Å². The van der Waals surface area contributed by atoms with E-state index in [-0.39, 0.29) is 11.7 Å². The molecule has 0 saturated heterocycles. The van der Waals surface area contributed by atoms with E-state index in [1.54, 1.807) is 47.0 Å². The highest BCUT2D eigenvalue weighted by molar-refractivity contribution is 7.13. The van der Waals surface area contributed by atoms with Gasteiger partial charge in [-0.15, -0.1) is 11.3 Å². The zero-order valence-electron chi connectivity index (χ0n) is 13.4. The number of amides is 1. The van der Waals surface area contributed by atoms with E-state index in [0.29, 0.717) is 17.9 Å². The molecule has 3 heterocycles. The molecule has 0 spiro atoms. The van der Waals surface area contributed by atoms with Crippen LogP contribution in [0, 0.1) is 5.82 Å². The molecule has 0 saturated carbocycles. The van der Waals surface area contributed by atoms with Gasteiger partial charge in [0.05, 0.1) is 24.6 Å². The molecule has 0 radical (unpaired) electrons. The lowest BCUT2D eigenvalue weighted by Gasteiger charge is -2.01. The molecule has 0 unspecified atom stereocenters. The molecule has 130 valence electrons. The Morgan fingerprint density at radius 3 is 2.88 bits per heavy atom. The lowest BCUT2D eigenvalue weighted by atomic mass is 10.2. The van der Waals surface area contributed by atoms with E-state index in [4.69, 9.17) is 0 Å². The summed E-state index contributed by atoms with van der Waals surface area (Å²) in [4.78, 5) is 16.6. The summed E-state index contributed by atoms with van der Waals surface area (Å²) in [6.07, 6.45) is 6.65. The molecule has 0 bridgehead atoms. The van der Waals surface area contributed by atoms with E-state index in [2.05, 4.69) is 25.6 Å². The van der Waals surface area contributed by atoms with Gasteiger partial charge in [0.25, 0.3) is 5.91 Å². The van der Waals surface area contributed by atoms with E-state index in [9.17, 15) is 9.18 Å². The number of hydrogen-bond acceptors (Lipinski definition) is 5. The molecule has 1 aromatic carbocycles. The molecule has 4 aromatic rings. The standard InChI is InChI=1S/C17H13FN6OS/c18-13-3-1-11(2-4-13)8-24-9-14(7-21-24)22-16(25)15-10-26-17(23-15)12-5-19-20-6-12/h1-7,9-10H,8H2,(H,19,20)(H,22,25). The molecular formula is C17H13FN6OS. The highest BCUT2D eigenvalue weighted by atomic mass is 32.1. The first-order chi connectivity index (χ1) is 12.7. The molecule has 0 atom stereocenters. The van der Waals surface area contributed by atoms with Gasteiger partial charge in [-0.3, -0.25) is 14.6 Å². The summed E-state index contributed by atoms with van der Waals surface area (Å²) in [6, 6.07) is 6.20. The lowest BCUT2D eigenvalue weighted by molar-refractivity contribution is 0.102. The Kier molecular flexibility index (Phi) is 4.28. The van der Waals surface area contributed by atoms with Gasteiger partial charge >= 0.3 is 0 Å². The minimum Gasteiger partial charge on any atom is -0.318 e. The summed E-state index contributed by atoms with van der Waals surface area (Å²) in [5.41, 5.74) is 2.64. The van der Waals surface area contributed by atoms with Crippen molar-refractivity contribution in [2.45, 2.75) is 6.54 Å². The zero-order chi connectivity index (χ0) is 17.9. The second-order valence-electron chi connectivity index (χ2n) is 5.53. The third-order valence-electron chi connectivity index (χ3n) is 3.63. The minimum absolute atomic E-state index is 0.278. The maximum absolute atomic E-state index is 12.9. The van der Waals surface area contributed by atoms with Crippen molar-refractivity contribution in [2.24, 2.45) is 0 Å². The number of aromatic nitrogens is 5. The summed E-state index contributed by atoms with van der Waals surface area (Å²) in [5.74, 6) is -0.586. The van der Waals surface area contributed by atoms with Crippen molar-refractivity contribution in [2.75, 3.05) is 5.32 Å². The van der Waals surface area contributed by atoms with Gasteiger partial charge in [0.15, 0.2) is 0 Å². The fourth-order valence-electron chi connectivity index (χ4n) is 2.37. The Labute approximate surface area is 151 Å². The maximum Gasteiger partial charge on any atom is 0.275 e. The number of H-pyrrole nitrogens is 1. The van der Waals surface area contributed by atoms with E-state index >= 15 is 0 Å². The first kappa shape index (κ1) is 16.2. The number of anilines is 1. The van der Waals surface area contributed by atoms with Crippen LogP contribution < -0.4 is 5.32 Å².